The molecule has 5 heteroatoms. The van der Waals surface area contributed by atoms with Crippen LogP contribution in [0.3, 0.4) is 0 Å². The van der Waals surface area contributed by atoms with Gasteiger partial charge in [0, 0.05) is 17.5 Å². The summed E-state index contributed by atoms with van der Waals surface area (Å²) in [7, 11) is 0. The highest BCUT2D eigenvalue weighted by atomic mass is 32.1. The lowest BCUT2D eigenvalue weighted by molar-refractivity contribution is 0.303. The molecule has 0 aliphatic rings. The van der Waals surface area contributed by atoms with Gasteiger partial charge < -0.3 is 10.1 Å². The summed E-state index contributed by atoms with van der Waals surface area (Å²) in [5, 5.41) is 4.09. The fourth-order valence-corrected chi connectivity index (χ4v) is 2.67. The van der Waals surface area contributed by atoms with E-state index in [0.29, 0.717) is 18.9 Å². The van der Waals surface area contributed by atoms with E-state index in [1.807, 2.05) is 26.8 Å². The van der Waals surface area contributed by atoms with E-state index in [4.69, 9.17) is 4.74 Å². The molecule has 0 atom stereocenters. The van der Waals surface area contributed by atoms with Gasteiger partial charge in [-0.2, -0.15) is 0 Å². The molecule has 0 aliphatic heterocycles. The first kappa shape index (κ1) is 14.9. The molecule has 0 radical (unpaired) electrons. The van der Waals surface area contributed by atoms with Gasteiger partial charge in [-0.1, -0.05) is 6.92 Å². The van der Waals surface area contributed by atoms with Crippen LogP contribution in [0, 0.1) is 19.7 Å². The highest BCUT2D eigenvalue weighted by Crippen LogP contribution is 2.21. The zero-order valence-electron chi connectivity index (χ0n) is 12.0. The van der Waals surface area contributed by atoms with Crippen molar-refractivity contribution in [3.05, 3.63) is 45.2 Å². The molecular formula is C15H19FN2OS. The average molecular weight is 294 g/mol. The van der Waals surface area contributed by atoms with E-state index in [1.54, 1.807) is 11.3 Å². The van der Waals surface area contributed by atoms with Crippen LogP contribution in [0.4, 0.5) is 4.39 Å². The number of rotatable bonds is 6. The number of halogens is 1. The number of aromatic nitrogens is 1. The van der Waals surface area contributed by atoms with Crippen LogP contribution in [0.1, 0.15) is 28.1 Å². The SMILES string of the molecule is CCNCc1cc(F)cc(OCc2nc(C)c(C)s2)c1. The minimum atomic E-state index is -0.276. The summed E-state index contributed by atoms with van der Waals surface area (Å²) < 4.78 is 19.2. The standard InChI is InChI=1S/C15H19FN2OS/c1-4-17-8-12-5-13(16)7-14(6-12)19-9-15-18-10(2)11(3)20-15/h5-7,17H,4,8-9H2,1-3H3. The lowest BCUT2D eigenvalue weighted by Gasteiger charge is -2.08. The number of benzene rings is 1. The molecule has 0 amide bonds. The second-order valence-corrected chi connectivity index (χ2v) is 5.90. The van der Waals surface area contributed by atoms with Crippen molar-refractivity contribution in [2.24, 2.45) is 0 Å². The van der Waals surface area contributed by atoms with Crippen LogP contribution in [0.5, 0.6) is 5.75 Å². The highest BCUT2D eigenvalue weighted by molar-refractivity contribution is 7.11. The van der Waals surface area contributed by atoms with Gasteiger partial charge in [0.25, 0.3) is 0 Å². The Labute approximate surface area is 122 Å². The van der Waals surface area contributed by atoms with Gasteiger partial charge in [0.1, 0.15) is 23.2 Å². The van der Waals surface area contributed by atoms with Gasteiger partial charge in [-0.3, -0.25) is 0 Å². The maximum Gasteiger partial charge on any atom is 0.140 e. The van der Waals surface area contributed by atoms with Crippen molar-refractivity contribution in [2.75, 3.05) is 6.54 Å². The lowest BCUT2D eigenvalue weighted by atomic mass is 10.2. The van der Waals surface area contributed by atoms with Crippen LogP contribution in [0.2, 0.25) is 0 Å². The minimum absolute atomic E-state index is 0.276. The van der Waals surface area contributed by atoms with Crippen molar-refractivity contribution >= 4 is 11.3 Å². The highest BCUT2D eigenvalue weighted by Gasteiger charge is 2.06. The minimum Gasteiger partial charge on any atom is -0.486 e. The van der Waals surface area contributed by atoms with Crippen molar-refractivity contribution in [1.29, 1.82) is 0 Å². The molecule has 0 aliphatic carbocycles. The summed E-state index contributed by atoms with van der Waals surface area (Å²) in [5.41, 5.74) is 1.91. The Bertz CT molecular complexity index is 564. The molecule has 3 nitrogen and oxygen atoms in total. The van der Waals surface area contributed by atoms with Gasteiger partial charge in [0.15, 0.2) is 0 Å². The second-order valence-electron chi connectivity index (χ2n) is 4.61. The molecule has 0 bridgehead atoms. The number of ether oxygens (including phenoxy) is 1. The zero-order chi connectivity index (χ0) is 14.5. The molecule has 0 unspecified atom stereocenters. The molecule has 1 N–H and O–H groups in total. The van der Waals surface area contributed by atoms with Crippen LogP contribution in [0.25, 0.3) is 0 Å². The first-order valence-corrected chi connectivity index (χ1v) is 7.46. The van der Waals surface area contributed by atoms with E-state index in [0.717, 1.165) is 22.8 Å². The zero-order valence-corrected chi connectivity index (χ0v) is 12.8. The van der Waals surface area contributed by atoms with E-state index < -0.39 is 0 Å². The Morgan fingerprint density at radius 2 is 2.10 bits per heavy atom. The van der Waals surface area contributed by atoms with Gasteiger partial charge in [-0.05, 0) is 38.1 Å². The Kier molecular flexibility index (Phi) is 5.09. The monoisotopic (exact) mass is 294 g/mol. The molecule has 1 aromatic carbocycles. The van der Waals surface area contributed by atoms with E-state index in [2.05, 4.69) is 10.3 Å². The molecule has 0 fully saturated rings. The number of nitrogens with one attached hydrogen (secondary N) is 1. The smallest absolute Gasteiger partial charge is 0.140 e. The molecule has 2 aromatic rings. The maximum atomic E-state index is 13.5. The van der Waals surface area contributed by atoms with Crippen LogP contribution in [-0.2, 0) is 13.2 Å². The summed E-state index contributed by atoms with van der Waals surface area (Å²) >= 11 is 1.61. The molecule has 0 saturated heterocycles. The topological polar surface area (TPSA) is 34.1 Å². The van der Waals surface area contributed by atoms with Gasteiger partial charge in [0.2, 0.25) is 0 Å². The van der Waals surface area contributed by atoms with Crippen LogP contribution in [0.15, 0.2) is 18.2 Å². The largest absolute Gasteiger partial charge is 0.486 e. The van der Waals surface area contributed by atoms with E-state index >= 15 is 0 Å². The first-order chi connectivity index (χ1) is 9.58. The van der Waals surface area contributed by atoms with Crippen LogP contribution in [-0.4, -0.2) is 11.5 Å². The van der Waals surface area contributed by atoms with Crippen LogP contribution >= 0.6 is 11.3 Å². The molecule has 108 valence electrons. The van der Waals surface area contributed by atoms with E-state index in [1.165, 1.54) is 17.0 Å². The summed E-state index contributed by atoms with van der Waals surface area (Å²) in [6.07, 6.45) is 0. The van der Waals surface area contributed by atoms with E-state index in [9.17, 15) is 4.39 Å². The van der Waals surface area contributed by atoms with Crippen molar-refractivity contribution < 1.29 is 9.13 Å². The molecule has 1 heterocycles. The normalized spacial score (nSPS) is 10.8. The number of hydrogen-bond donors (Lipinski definition) is 1. The molecule has 1 aromatic heterocycles. The predicted molar refractivity (Wildman–Crippen MR) is 79.7 cm³/mol. The number of hydrogen-bond acceptors (Lipinski definition) is 4. The molecule has 0 spiro atoms. The van der Waals surface area contributed by atoms with Crippen molar-refractivity contribution in [1.82, 2.24) is 10.3 Å². The quantitative estimate of drug-likeness (QED) is 0.884. The summed E-state index contributed by atoms with van der Waals surface area (Å²) in [5.74, 6) is 0.269. The predicted octanol–water partition coefficient (Wildman–Crippen LogP) is 3.59. The third-order valence-electron chi connectivity index (χ3n) is 2.95. The van der Waals surface area contributed by atoms with Gasteiger partial charge in [0.05, 0.1) is 5.69 Å². The number of nitrogens with zero attached hydrogens (tertiary/aromatic N) is 1. The lowest BCUT2D eigenvalue weighted by Crippen LogP contribution is -2.12. The van der Waals surface area contributed by atoms with Crippen LogP contribution < -0.4 is 10.1 Å². The first-order valence-electron chi connectivity index (χ1n) is 6.64. The third-order valence-corrected chi connectivity index (χ3v) is 3.99. The summed E-state index contributed by atoms with van der Waals surface area (Å²) in [4.78, 5) is 5.60. The van der Waals surface area contributed by atoms with Crippen molar-refractivity contribution in [3.63, 3.8) is 0 Å². The molecule has 2 rings (SSSR count). The third kappa shape index (κ3) is 4.02. The Morgan fingerprint density at radius 1 is 1.30 bits per heavy atom. The Morgan fingerprint density at radius 3 is 2.75 bits per heavy atom. The summed E-state index contributed by atoms with van der Waals surface area (Å²) in [6, 6.07) is 4.79. The maximum absolute atomic E-state index is 13.5. The molecule has 20 heavy (non-hydrogen) atoms. The summed E-state index contributed by atoms with van der Waals surface area (Å²) in [6.45, 7) is 7.90. The fourth-order valence-electron chi connectivity index (χ4n) is 1.82. The molecular weight excluding hydrogens is 275 g/mol. The Hall–Kier alpha value is -1.46. The number of thiazole rings is 1. The van der Waals surface area contributed by atoms with Gasteiger partial charge in [-0.15, -0.1) is 11.3 Å². The van der Waals surface area contributed by atoms with Gasteiger partial charge >= 0.3 is 0 Å². The molecule has 0 saturated carbocycles. The average Bonchev–Trinajstić information content (AvgIpc) is 2.73. The second kappa shape index (κ2) is 6.81. The van der Waals surface area contributed by atoms with Crippen molar-refractivity contribution in [3.8, 4) is 5.75 Å². The number of aryl methyl sites for hydroxylation is 2. The van der Waals surface area contributed by atoms with Gasteiger partial charge in [-0.25, -0.2) is 9.37 Å². The van der Waals surface area contributed by atoms with E-state index in [-0.39, 0.29) is 5.82 Å². The van der Waals surface area contributed by atoms with Crippen molar-refractivity contribution in [2.45, 2.75) is 33.9 Å². The Balaban J connectivity index is 2.03. The fraction of sp³-hybridized carbons (Fsp3) is 0.400.